The third-order valence-corrected chi connectivity index (χ3v) is 4.33. The van der Waals surface area contributed by atoms with Gasteiger partial charge in [0.2, 0.25) is 0 Å². The number of halogens is 2. The largest absolute Gasteiger partial charge is 0.490 e. The van der Waals surface area contributed by atoms with Crippen LogP contribution >= 0.6 is 0 Å². The molecule has 0 aliphatic rings. The van der Waals surface area contributed by atoms with E-state index in [1.807, 2.05) is 31.3 Å². The van der Waals surface area contributed by atoms with Crippen LogP contribution in [0.3, 0.4) is 0 Å². The molecule has 2 N–H and O–H groups in total. The highest BCUT2D eigenvalue weighted by Crippen LogP contribution is 2.32. The Morgan fingerprint density at radius 1 is 1.16 bits per heavy atom. The van der Waals surface area contributed by atoms with E-state index in [0.29, 0.717) is 37.0 Å². The van der Waals surface area contributed by atoms with E-state index in [1.54, 1.807) is 42.2 Å². The number of nitrogens with one attached hydrogen (secondary N) is 2. The number of aliphatic imine (C=N–C) groups is 1. The number of aromatic nitrogens is 3. The summed E-state index contributed by atoms with van der Waals surface area (Å²) in [6, 6.07) is 10.6. The van der Waals surface area contributed by atoms with Gasteiger partial charge in [0.15, 0.2) is 23.3 Å². The van der Waals surface area contributed by atoms with Crippen molar-refractivity contribution in [3.8, 4) is 17.3 Å². The van der Waals surface area contributed by atoms with E-state index in [9.17, 15) is 8.78 Å². The molecular weight excluding hydrogens is 418 g/mol. The lowest BCUT2D eigenvalue weighted by molar-refractivity contribution is -0.0520. The monoisotopic (exact) mass is 444 g/mol. The number of ether oxygens (including phenoxy) is 2. The number of guanidine groups is 1. The number of alkyl halides is 2. The predicted octanol–water partition coefficient (Wildman–Crippen LogP) is 3.52. The molecule has 0 radical (unpaired) electrons. The molecule has 0 amide bonds. The second kappa shape index (κ2) is 11.6. The highest BCUT2D eigenvalue weighted by atomic mass is 19.3. The smallest absolute Gasteiger partial charge is 0.387 e. The average Bonchev–Trinajstić information content (AvgIpc) is 3.32. The first-order valence-electron chi connectivity index (χ1n) is 10.3. The number of rotatable bonds is 10. The molecule has 0 saturated carbocycles. The van der Waals surface area contributed by atoms with Crippen molar-refractivity contribution in [3.63, 3.8) is 0 Å². The van der Waals surface area contributed by atoms with Crippen LogP contribution in [0.4, 0.5) is 8.78 Å². The minimum absolute atomic E-state index is 0.0192. The minimum Gasteiger partial charge on any atom is -0.490 e. The normalized spacial score (nSPS) is 11.5. The molecule has 2 aromatic heterocycles. The number of pyridine rings is 1. The Balaban J connectivity index is 1.73. The molecule has 0 unspecified atom stereocenters. The Morgan fingerprint density at radius 3 is 2.75 bits per heavy atom. The summed E-state index contributed by atoms with van der Waals surface area (Å²) < 4.78 is 37.7. The maximum atomic E-state index is 12.9. The summed E-state index contributed by atoms with van der Waals surface area (Å²) in [5.74, 6) is 1.53. The number of nitrogens with zero attached hydrogens (tertiary/aromatic N) is 4. The van der Waals surface area contributed by atoms with Crippen LogP contribution in [0, 0.1) is 0 Å². The summed E-state index contributed by atoms with van der Waals surface area (Å²) >= 11 is 0. The van der Waals surface area contributed by atoms with E-state index < -0.39 is 6.61 Å². The van der Waals surface area contributed by atoms with Crippen molar-refractivity contribution in [2.24, 2.45) is 4.99 Å². The first kappa shape index (κ1) is 23.0. The highest BCUT2D eigenvalue weighted by molar-refractivity contribution is 5.79. The van der Waals surface area contributed by atoms with E-state index in [2.05, 4.69) is 25.7 Å². The van der Waals surface area contributed by atoms with Gasteiger partial charge in [-0.1, -0.05) is 12.1 Å². The minimum atomic E-state index is -2.95. The summed E-state index contributed by atoms with van der Waals surface area (Å²) in [5, 5.41) is 10.5. The zero-order valence-electron chi connectivity index (χ0n) is 18.0. The molecule has 0 saturated heterocycles. The topological polar surface area (TPSA) is 85.6 Å². The van der Waals surface area contributed by atoms with E-state index in [-0.39, 0.29) is 18.0 Å². The number of hydrogen-bond acceptors (Lipinski definition) is 5. The van der Waals surface area contributed by atoms with Crippen LogP contribution in [0.25, 0.3) is 5.82 Å². The van der Waals surface area contributed by atoms with E-state index >= 15 is 0 Å². The molecule has 0 bridgehead atoms. The third kappa shape index (κ3) is 6.40. The second-order valence-corrected chi connectivity index (χ2v) is 6.58. The van der Waals surface area contributed by atoms with Gasteiger partial charge >= 0.3 is 6.61 Å². The molecule has 8 nitrogen and oxygen atoms in total. The molecule has 3 aromatic rings. The zero-order chi connectivity index (χ0) is 22.8. The Bertz CT molecular complexity index is 1010. The van der Waals surface area contributed by atoms with Crippen LogP contribution in [0.15, 0.2) is 60.0 Å². The van der Waals surface area contributed by atoms with Crippen molar-refractivity contribution < 1.29 is 18.3 Å². The quantitative estimate of drug-likeness (QED) is 0.368. The average molecular weight is 444 g/mol. The fourth-order valence-corrected chi connectivity index (χ4v) is 2.97. The lowest BCUT2D eigenvalue weighted by atomic mass is 10.2. The van der Waals surface area contributed by atoms with Crippen molar-refractivity contribution in [2.75, 3.05) is 13.2 Å². The van der Waals surface area contributed by atoms with Crippen molar-refractivity contribution in [3.05, 3.63) is 66.1 Å². The molecule has 0 atom stereocenters. The summed E-state index contributed by atoms with van der Waals surface area (Å²) in [6.07, 6.45) is 5.21. The van der Waals surface area contributed by atoms with Gasteiger partial charge in [0.1, 0.15) is 0 Å². The SMILES string of the molecule is CCNC(=NCc1ccnc(-n2cccn2)c1)NCc1cccc(OCC)c1OC(F)F. The van der Waals surface area contributed by atoms with E-state index in [4.69, 9.17) is 9.47 Å². The molecule has 0 fully saturated rings. The van der Waals surface area contributed by atoms with Gasteiger partial charge in [-0.3, -0.25) is 0 Å². The third-order valence-electron chi connectivity index (χ3n) is 4.33. The molecule has 0 spiro atoms. The van der Waals surface area contributed by atoms with Crippen LogP contribution in [0.2, 0.25) is 0 Å². The Labute approximate surface area is 185 Å². The van der Waals surface area contributed by atoms with Gasteiger partial charge in [-0.05, 0) is 43.7 Å². The van der Waals surface area contributed by atoms with Crippen molar-refractivity contribution in [1.29, 1.82) is 0 Å². The van der Waals surface area contributed by atoms with E-state index in [0.717, 1.165) is 5.56 Å². The number of hydrogen-bond donors (Lipinski definition) is 2. The Morgan fingerprint density at radius 2 is 2.03 bits per heavy atom. The Hall–Kier alpha value is -3.69. The molecule has 1 aromatic carbocycles. The van der Waals surface area contributed by atoms with Gasteiger partial charge < -0.3 is 20.1 Å². The van der Waals surface area contributed by atoms with Crippen LogP contribution in [-0.4, -0.2) is 40.5 Å². The van der Waals surface area contributed by atoms with Gasteiger partial charge in [-0.25, -0.2) is 14.7 Å². The summed E-state index contributed by atoms with van der Waals surface area (Å²) in [5.41, 5.74) is 1.48. The van der Waals surface area contributed by atoms with Crippen LogP contribution in [0.5, 0.6) is 11.5 Å². The van der Waals surface area contributed by atoms with Crippen LogP contribution < -0.4 is 20.1 Å². The zero-order valence-corrected chi connectivity index (χ0v) is 18.0. The maximum absolute atomic E-state index is 12.9. The number of para-hydroxylation sites is 1. The lowest BCUT2D eigenvalue weighted by Gasteiger charge is -2.17. The maximum Gasteiger partial charge on any atom is 0.387 e. The standard InChI is InChI=1S/C22H26F2N6O2/c1-3-25-22(27-14-16-9-11-26-19(13-16)30-12-6-10-29-30)28-15-17-7-5-8-18(31-4-2)20(17)32-21(23)24/h5-13,21H,3-4,14-15H2,1-2H3,(H2,25,27,28). The van der Waals surface area contributed by atoms with Crippen molar-refractivity contribution in [1.82, 2.24) is 25.4 Å². The van der Waals surface area contributed by atoms with Crippen LogP contribution in [-0.2, 0) is 13.1 Å². The summed E-state index contributed by atoms with van der Waals surface area (Å²) in [4.78, 5) is 8.90. The van der Waals surface area contributed by atoms with Gasteiger partial charge in [0.05, 0.1) is 13.2 Å². The molecule has 0 aliphatic heterocycles. The Kier molecular flexibility index (Phi) is 8.36. The van der Waals surface area contributed by atoms with E-state index in [1.165, 1.54) is 0 Å². The molecule has 0 aliphatic carbocycles. The summed E-state index contributed by atoms with van der Waals surface area (Å²) in [6.45, 7) is 2.38. The molecule has 3 rings (SSSR count). The lowest BCUT2D eigenvalue weighted by Crippen LogP contribution is -2.37. The van der Waals surface area contributed by atoms with Gasteiger partial charge in [-0.2, -0.15) is 13.9 Å². The van der Waals surface area contributed by atoms with Crippen molar-refractivity contribution in [2.45, 2.75) is 33.5 Å². The highest BCUT2D eigenvalue weighted by Gasteiger charge is 2.16. The molecule has 32 heavy (non-hydrogen) atoms. The molecule has 170 valence electrons. The molecular formula is C22H26F2N6O2. The first-order chi connectivity index (χ1) is 15.6. The van der Waals surface area contributed by atoms with Gasteiger partial charge in [-0.15, -0.1) is 0 Å². The predicted molar refractivity (Wildman–Crippen MR) is 117 cm³/mol. The second-order valence-electron chi connectivity index (χ2n) is 6.58. The molecule has 10 heteroatoms. The van der Waals surface area contributed by atoms with Gasteiger partial charge in [0, 0.05) is 37.2 Å². The van der Waals surface area contributed by atoms with Crippen molar-refractivity contribution >= 4 is 5.96 Å². The van der Waals surface area contributed by atoms with Crippen LogP contribution in [0.1, 0.15) is 25.0 Å². The molecule has 2 heterocycles. The first-order valence-corrected chi connectivity index (χ1v) is 10.3. The van der Waals surface area contributed by atoms with Gasteiger partial charge in [0.25, 0.3) is 0 Å². The fraction of sp³-hybridized carbons (Fsp3) is 0.318. The number of benzene rings is 1. The fourth-order valence-electron chi connectivity index (χ4n) is 2.97. The summed E-state index contributed by atoms with van der Waals surface area (Å²) in [7, 11) is 0.